The molecule has 2 aliphatic rings. The van der Waals surface area contributed by atoms with Crippen molar-refractivity contribution >= 4 is 27.5 Å². The molecule has 0 unspecified atom stereocenters. The summed E-state index contributed by atoms with van der Waals surface area (Å²) in [4.78, 5) is 26.4. The average molecular weight is 460 g/mol. The number of hydrogen-bond acceptors (Lipinski definition) is 4. The Balaban J connectivity index is 1.34. The molecule has 0 aromatic heterocycles. The van der Waals surface area contributed by atoms with Crippen molar-refractivity contribution in [3.05, 3.63) is 59.9 Å². The summed E-state index contributed by atoms with van der Waals surface area (Å²) in [7, 11) is -3.78. The van der Waals surface area contributed by atoms with Crippen LogP contribution in [-0.4, -0.2) is 44.2 Å². The predicted octanol–water partition coefficient (Wildman–Crippen LogP) is 2.67. The third kappa shape index (κ3) is 4.83. The number of sulfonamides is 1. The molecule has 32 heavy (non-hydrogen) atoms. The number of piperidine rings is 1. The lowest BCUT2D eigenvalue weighted by molar-refractivity contribution is -0.126. The maximum atomic E-state index is 13.1. The summed E-state index contributed by atoms with van der Waals surface area (Å²) in [5.74, 6) is -1.01. The Morgan fingerprint density at radius 1 is 1.03 bits per heavy atom. The number of hydrogen-bond donors (Lipinski definition) is 1. The van der Waals surface area contributed by atoms with E-state index in [1.54, 1.807) is 4.90 Å². The van der Waals surface area contributed by atoms with E-state index in [9.17, 15) is 22.4 Å². The molecule has 2 saturated heterocycles. The molecule has 0 saturated carbocycles. The lowest BCUT2D eigenvalue weighted by Gasteiger charge is -2.31. The zero-order valence-corrected chi connectivity index (χ0v) is 18.5. The normalized spacial score (nSPS) is 19.8. The van der Waals surface area contributed by atoms with E-state index >= 15 is 0 Å². The smallest absolute Gasteiger partial charge is 0.243 e. The second-order valence-electron chi connectivity index (χ2n) is 8.19. The van der Waals surface area contributed by atoms with Crippen LogP contribution in [0.25, 0.3) is 0 Å². The van der Waals surface area contributed by atoms with Crippen molar-refractivity contribution in [2.24, 2.45) is 5.92 Å². The summed E-state index contributed by atoms with van der Waals surface area (Å²) < 4.78 is 40.2. The van der Waals surface area contributed by atoms with Crippen LogP contribution in [0.2, 0.25) is 0 Å². The van der Waals surface area contributed by atoms with Gasteiger partial charge in [0.25, 0.3) is 0 Å². The van der Waals surface area contributed by atoms with E-state index in [1.807, 2.05) is 24.3 Å². The molecular formula is C23H26FN3O4S. The molecule has 2 aromatic carbocycles. The van der Waals surface area contributed by atoms with Gasteiger partial charge in [0.05, 0.1) is 10.8 Å². The first kappa shape index (κ1) is 22.4. The SMILES string of the molecule is O=C(NCc1ccc(N2CCCC2=O)cc1)[C@@H]1CCCN(S(=O)(=O)c2ccc(F)cc2)C1. The second-order valence-corrected chi connectivity index (χ2v) is 10.1. The van der Waals surface area contributed by atoms with E-state index in [0.717, 1.165) is 36.3 Å². The van der Waals surface area contributed by atoms with E-state index in [1.165, 1.54) is 16.4 Å². The van der Waals surface area contributed by atoms with Crippen LogP contribution >= 0.6 is 0 Å². The van der Waals surface area contributed by atoms with Gasteiger partial charge in [0.15, 0.2) is 0 Å². The van der Waals surface area contributed by atoms with Gasteiger partial charge in [0, 0.05) is 38.3 Å². The number of halogens is 1. The third-order valence-corrected chi connectivity index (χ3v) is 7.87. The van der Waals surface area contributed by atoms with Crippen LogP contribution in [0.5, 0.6) is 0 Å². The van der Waals surface area contributed by atoms with Crippen LogP contribution in [0.15, 0.2) is 53.4 Å². The van der Waals surface area contributed by atoms with Gasteiger partial charge < -0.3 is 10.2 Å². The van der Waals surface area contributed by atoms with Gasteiger partial charge in [-0.1, -0.05) is 12.1 Å². The van der Waals surface area contributed by atoms with E-state index in [-0.39, 0.29) is 23.3 Å². The van der Waals surface area contributed by atoms with Crippen LogP contribution in [0.1, 0.15) is 31.2 Å². The van der Waals surface area contributed by atoms with Gasteiger partial charge in [-0.05, 0) is 61.2 Å². The first-order valence-corrected chi connectivity index (χ1v) is 12.2. The average Bonchev–Trinajstić information content (AvgIpc) is 3.24. The lowest BCUT2D eigenvalue weighted by Crippen LogP contribution is -2.45. The number of anilines is 1. The minimum atomic E-state index is -3.78. The minimum Gasteiger partial charge on any atom is -0.352 e. The molecule has 1 atom stereocenters. The van der Waals surface area contributed by atoms with Gasteiger partial charge in [-0.25, -0.2) is 12.8 Å². The van der Waals surface area contributed by atoms with E-state index < -0.39 is 21.8 Å². The fraction of sp³-hybridized carbons (Fsp3) is 0.391. The van der Waals surface area contributed by atoms with Crippen LogP contribution in [0.3, 0.4) is 0 Å². The van der Waals surface area contributed by atoms with Gasteiger partial charge in [0.2, 0.25) is 21.8 Å². The molecule has 2 heterocycles. The number of nitrogens with one attached hydrogen (secondary N) is 1. The summed E-state index contributed by atoms with van der Waals surface area (Å²) >= 11 is 0. The number of carbonyl (C=O) groups is 2. The molecule has 170 valence electrons. The van der Waals surface area contributed by atoms with Crippen LogP contribution < -0.4 is 10.2 Å². The first-order chi connectivity index (χ1) is 15.3. The van der Waals surface area contributed by atoms with Crippen molar-refractivity contribution < 1.29 is 22.4 Å². The summed E-state index contributed by atoms with van der Waals surface area (Å²) in [5, 5.41) is 2.90. The first-order valence-electron chi connectivity index (χ1n) is 10.8. The standard InChI is InChI=1S/C23H26FN3O4S/c24-19-7-11-21(12-8-19)32(30,31)26-13-1-3-18(16-26)23(29)25-15-17-5-9-20(10-6-17)27-14-2-4-22(27)28/h5-12,18H,1-4,13-16H2,(H,25,29)/t18-/m1/s1. The molecule has 0 radical (unpaired) electrons. The lowest BCUT2D eigenvalue weighted by atomic mass is 9.98. The van der Waals surface area contributed by atoms with Crippen molar-refractivity contribution in [2.45, 2.75) is 37.1 Å². The highest BCUT2D eigenvalue weighted by molar-refractivity contribution is 7.89. The second kappa shape index (κ2) is 9.38. The Hall–Kier alpha value is -2.78. The summed E-state index contributed by atoms with van der Waals surface area (Å²) in [6.45, 7) is 1.49. The summed E-state index contributed by atoms with van der Waals surface area (Å²) in [5.41, 5.74) is 1.76. The molecule has 2 aromatic rings. The minimum absolute atomic E-state index is 0.0246. The quantitative estimate of drug-likeness (QED) is 0.720. The summed E-state index contributed by atoms with van der Waals surface area (Å²) in [6, 6.07) is 12.2. The molecule has 2 fully saturated rings. The largest absolute Gasteiger partial charge is 0.352 e. The topological polar surface area (TPSA) is 86.8 Å². The maximum absolute atomic E-state index is 13.1. The maximum Gasteiger partial charge on any atom is 0.243 e. The molecule has 7 nitrogen and oxygen atoms in total. The Labute approximate surface area is 187 Å². The molecule has 0 bridgehead atoms. The van der Waals surface area contributed by atoms with E-state index in [2.05, 4.69) is 5.32 Å². The van der Waals surface area contributed by atoms with Gasteiger partial charge in [-0.15, -0.1) is 0 Å². The Morgan fingerprint density at radius 2 is 1.75 bits per heavy atom. The van der Waals surface area contributed by atoms with Gasteiger partial charge in [-0.2, -0.15) is 4.31 Å². The molecule has 2 amide bonds. The number of amides is 2. The van der Waals surface area contributed by atoms with Crippen molar-refractivity contribution in [3.63, 3.8) is 0 Å². The molecule has 0 aliphatic carbocycles. The molecule has 4 rings (SSSR count). The van der Waals surface area contributed by atoms with Crippen molar-refractivity contribution in [1.29, 1.82) is 0 Å². The Bertz CT molecular complexity index is 1090. The monoisotopic (exact) mass is 459 g/mol. The zero-order valence-electron chi connectivity index (χ0n) is 17.7. The molecular weight excluding hydrogens is 433 g/mol. The van der Waals surface area contributed by atoms with Crippen molar-refractivity contribution in [3.8, 4) is 0 Å². The van der Waals surface area contributed by atoms with Gasteiger partial charge >= 0.3 is 0 Å². The van der Waals surface area contributed by atoms with E-state index in [0.29, 0.717) is 32.4 Å². The molecule has 9 heteroatoms. The number of benzene rings is 2. The fourth-order valence-electron chi connectivity index (χ4n) is 4.18. The van der Waals surface area contributed by atoms with Crippen LogP contribution in [0.4, 0.5) is 10.1 Å². The van der Waals surface area contributed by atoms with Gasteiger partial charge in [-0.3, -0.25) is 9.59 Å². The summed E-state index contributed by atoms with van der Waals surface area (Å²) in [6.07, 6.45) is 2.63. The fourth-order valence-corrected chi connectivity index (χ4v) is 5.70. The highest BCUT2D eigenvalue weighted by Crippen LogP contribution is 2.25. The molecule has 0 spiro atoms. The molecule has 1 N–H and O–H groups in total. The predicted molar refractivity (Wildman–Crippen MR) is 118 cm³/mol. The highest BCUT2D eigenvalue weighted by atomic mass is 32.2. The number of nitrogens with zero attached hydrogens (tertiary/aromatic N) is 2. The highest BCUT2D eigenvalue weighted by Gasteiger charge is 2.33. The van der Waals surface area contributed by atoms with Crippen molar-refractivity contribution in [1.82, 2.24) is 9.62 Å². The molecule has 2 aliphatic heterocycles. The number of carbonyl (C=O) groups excluding carboxylic acids is 2. The third-order valence-electron chi connectivity index (χ3n) is 5.99. The van der Waals surface area contributed by atoms with Crippen molar-refractivity contribution in [2.75, 3.05) is 24.5 Å². The van der Waals surface area contributed by atoms with Gasteiger partial charge in [0.1, 0.15) is 5.82 Å². The van der Waals surface area contributed by atoms with E-state index in [4.69, 9.17) is 0 Å². The van der Waals surface area contributed by atoms with Crippen LogP contribution in [0, 0.1) is 11.7 Å². The Morgan fingerprint density at radius 3 is 2.41 bits per heavy atom. The Kier molecular flexibility index (Phi) is 6.57. The number of rotatable bonds is 6. The zero-order chi connectivity index (χ0) is 22.7. The van der Waals surface area contributed by atoms with Crippen LogP contribution in [-0.2, 0) is 26.2 Å².